The Bertz CT molecular complexity index is 458. The summed E-state index contributed by atoms with van der Waals surface area (Å²) in [4.78, 5) is 0. The fraction of sp³-hybridized carbons (Fsp3) is 0.600. The summed E-state index contributed by atoms with van der Waals surface area (Å²) < 4.78 is 7.44. The first-order valence-corrected chi connectivity index (χ1v) is 7.63. The fourth-order valence-electron chi connectivity index (χ4n) is 3.07. The third kappa shape index (κ3) is 2.19. The molecule has 1 aromatic rings. The monoisotopic (exact) mass is 309 g/mol. The minimum Gasteiger partial charge on any atom is -0.487 e. The van der Waals surface area contributed by atoms with Crippen LogP contribution in [0.3, 0.4) is 0 Å². The molecule has 0 amide bonds. The second-order valence-corrected chi connectivity index (χ2v) is 6.60. The Balaban J connectivity index is 1.96. The summed E-state index contributed by atoms with van der Waals surface area (Å²) in [6.07, 6.45) is 3.72. The maximum Gasteiger partial charge on any atom is 0.125 e. The van der Waals surface area contributed by atoms with Gasteiger partial charge in [-0.1, -0.05) is 22.9 Å². The van der Waals surface area contributed by atoms with Crippen LogP contribution >= 0.6 is 15.9 Å². The van der Waals surface area contributed by atoms with Gasteiger partial charge in [-0.3, -0.25) is 0 Å². The number of ether oxygens (including phenoxy) is 1. The Morgan fingerprint density at radius 1 is 1.44 bits per heavy atom. The maximum atomic E-state index is 6.31. The second-order valence-electron chi connectivity index (χ2n) is 5.69. The smallest absolute Gasteiger partial charge is 0.125 e. The summed E-state index contributed by atoms with van der Waals surface area (Å²) in [5.74, 6) is 1.81. The van der Waals surface area contributed by atoms with E-state index >= 15 is 0 Å². The molecule has 3 heteroatoms. The van der Waals surface area contributed by atoms with Crippen molar-refractivity contribution < 1.29 is 4.74 Å². The number of benzene rings is 1. The molecule has 98 valence electrons. The molecule has 0 aromatic heterocycles. The average molecular weight is 310 g/mol. The van der Waals surface area contributed by atoms with Crippen molar-refractivity contribution in [2.45, 2.75) is 44.8 Å². The van der Waals surface area contributed by atoms with Crippen LogP contribution in [0.2, 0.25) is 0 Å². The summed E-state index contributed by atoms with van der Waals surface area (Å²) in [6.45, 7) is 5.44. The molecule has 18 heavy (non-hydrogen) atoms. The van der Waals surface area contributed by atoms with Crippen molar-refractivity contribution in [3.05, 3.63) is 28.2 Å². The fourth-order valence-corrected chi connectivity index (χ4v) is 3.44. The number of halogens is 1. The van der Waals surface area contributed by atoms with Crippen LogP contribution in [0, 0.1) is 5.92 Å². The van der Waals surface area contributed by atoms with Gasteiger partial charge in [-0.25, -0.2) is 0 Å². The Kier molecular flexibility index (Phi) is 3.15. The van der Waals surface area contributed by atoms with Crippen molar-refractivity contribution in [1.82, 2.24) is 5.32 Å². The van der Waals surface area contributed by atoms with Crippen LogP contribution in [0.4, 0.5) is 0 Å². The van der Waals surface area contributed by atoms with Crippen molar-refractivity contribution in [2.75, 3.05) is 6.54 Å². The molecule has 2 aliphatic rings. The standard InChI is InChI=1S/C15H20BrNO/c1-3-17-13-9-15(2,10-4-5-10)18-14-7-6-11(16)8-12(13)14/h6-8,10,13,17H,3-5,9H2,1-2H3. The van der Waals surface area contributed by atoms with E-state index in [-0.39, 0.29) is 5.60 Å². The van der Waals surface area contributed by atoms with Crippen LogP contribution in [-0.2, 0) is 0 Å². The first kappa shape index (κ1) is 12.5. The van der Waals surface area contributed by atoms with Crippen LogP contribution in [0.15, 0.2) is 22.7 Å². The molecule has 1 aliphatic carbocycles. The summed E-state index contributed by atoms with van der Waals surface area (Å²) in [5.41, 5.74) is 1.32. The van der Waals surface area contributed by atoms with Gasteiger partial charge in [0.1, 0.15) is 11.4 Å². The predicted molar refractivity (Wildman–Crippen MR) is 76.9 cm³/mol. The van der Waals surface area contributed by atoms with Crippen LogP contribution < -0.4 is 10.1 Å². The summed E-state index contributed by atoms with van der Waals surface area (Å²) in [7, 11) is 0. The quantitative estimate of drug-likeness (QED) is 0.909. The van der Waals surface area contributed by atoms with E-state index in [1.165, 1.54) is 18.4 Å². The maximum absolute atomic E-state index is 6.31. The molecule has 1 saturated carbocycles. The Hall–Kier alpha value is -0.540. The lowest BCUT2D eigenvalue weighted by Gasteiger charge is -2.40. The van der Waals surface area contributed by atoms with Gasteiger partial charge in [-0.15, -0.1) is 0 Å². The van der Waals surface area contributed by atoms with E-state index < -0.39 is 0 Å². The van der Waals surface area contributed by atoms with E-state index in [4.69, 9.17) is 4.74 Å². The summed E-state index contributed by atoms with van der Waals surface area (Å²) in [5, 5.41) is 3.60. The Labute approximate surface area is 117 Å². The van der Waals surface area contributed by atoms with Crippen LogP contribution in [0.25, 0.3) is 0 Å². The summed E-state index contributed by atoms with van der Waals surface area (Å²) >= 11 is 3.56. The topological polar surface area (TPSA) is 21.3 Å². The van der Waals surface area contributed by atoms with E-state index in [0.29, 0.717) is 6.04 Å². The largest absolute Gasteiger partial charge is 0.487 e. The molecule has 2 atom stereocenters. The van der Waals surface area contributed by atoms with Gasteiger partial charge in [0.15, 0.2) is 0 Å². The van der Waals surface area contributed by atoms with Crippen LogP contribution in [0.5, 0.6) is 5.75 Å². The van der Waals surface area contributed by atoms with E-state index in [1.807, 2.05) is 0 Å². The number of rotatable bonds is 3. The van der Waals surface area contributed by atoms with Crippen molar-refractivity contribution in [1.29, 1.82) is 0 Å². The van der Waals surface area contributed by atoms with Crippen molar-refractivity contribution in [3.63, 3.8) is 0 Å². The molecule has 2 unspecified atom stereocenters. The van der Waals surface area contributed by atoms with Gasteiger partial charge in [0.05, 0.1) is 0 Å². The highest BCUT2D eigenvalue weighted by Crippen LogP contribution is 2.50. The minimum atomic E-state index is 0.0215. The SMILES string of the molecule is CCNC1CC(C)(C2CC2)Oc2ccc(Br)cc21. The Morgan fingerprint density at radius 3 is 2.89 bits per heavy atom. The third-order valence-electron chi connectivity index (χ3n) is 4.19. The van der Waals surface area contributed by atoms with Crippen molar-refractivity contribution in [3.8, 4) is 5.75 Å². The van der Waals surface area contributed by atoms with Gasteiger partial charge < -0.3 is 10.1 Å². The molecule has 0 saturated heterocycles. The van der Waals surface area contributed by atoms with Gasteiger partial charge in [0.2, 0.25) is 0 Å². The Morgan fingerprint density at radius 2 is 2.22 bits per heavy atom. The van der Waals surface area contributed by atoms with E-state index in [0.717, 1.165) is 29.1 Å². The molecule has 0 radical (unpaired) electrons. The molecule has 1 fully saturated rings. The predicted octanol–water partition coefficient (Wildman–Crippen LogP) is 4.05. The van der Waals surface area contributed by atoms with E-state index in [1.54, 1.807) is 0 Å². The van der Waals surface area contributed by atoms with E-state index in [2.05, 4.69) is 53.3 Å². The zero-order valence-electron chi connectivity index (χ0n) is 11.0. The first-order chi connectivity index (χ1) is 8.62. The van der Waals surface area contributed by atoms with Crippen LogP contribution in [0.1, 0.15) is 44.7 Å². The number of hydrogen-bond donors (Lipinski definition) is 1. The number of fused-ring (bicyclic) bond motifs is 1. The molecule has 0 bridgehead atoms. The molecular formula is C15H20BrNO. The molecule has 0 spiro atoms. The molecule has 3 rings (SSSR count). The van der Waals surface area contributed by atoms with Gasteiger partial charge >= 0.3 is 0 Å². The summed E-state index contributed by atoms with van der Waals surface area (Å²) in [6, 6.07) is 6.78. The van der Waals surface area contributed by atoms with Gasteiger partial charge in [-0.05, 0) is 50.4 Å². The second kappa shape index (κ2) is 4.53. The molecule has 1 aromatic carbocycles. The highest BCUT2D eigenvalue weighted by Gasteiger charge is 2.47. The molecule has 1 N–H and O–H groups in total. The van der Waals surface area contributed by atoms with E-state index in [9.17, 15) is 0 Å². The average Bonchev–Trinajstić information content (AvgIpc) is 3.15. The number of nitrogens with one attached hydrogen (secondary N) is 1. The van der Waals surface area contributed by atoms with Crippen molar-refractivity contribution in [2.24, 2.45) is 5.92 Å². The zero-order valence-corrected chi connectivity index (χ0v) is 12.6. The van der Waals surface area contributed by atoms with Crippen LogP contribution in [-0.4, -0.2) is 12.1 Å². The minimum absolute atomic E-state index is 0.0215. The normalized spacial score (nSPS) is 30.7. The highest BCUT2D eigenvalue weighted by atomic mass is 79.9. The van der Waals surface area contributed by atoms with Gasteiger partial charge in [-0.2, -0.15) is 0 Å². The molecular weight excluding hydrogens is 290 g/mol. The number of hydrogen-bond acceptors (Lipinski definition) is 2. The third-order valence-corrected chi connectivity index (χ3v) is 4.68. The molecule has 1 aliphatic heterocycles. The molecule has 2 nitrogen and oxygen atoms in total. The lowest BCUT2D eigenvalue weighted by molar-refractivity contribution is 0.0271. The van der Waals surface area contributed by atoms with Crippen molar-refractivity contribution >= 4 is 15.9 Å². The van der Waals surface area contributed by atoms with Gasteiger partial charge in [0, 0.05) is 22.5 Å². The zero-order chi connectivity index (χ0) is 12.8. The van der Waals surface area contributed by atoms with Gasteiger partial charge in [0.25, 0.3) is 0 Å². The lowest BCUT2D eigenvalue weighted by Crippen LogP contribution is -2.43. The molecule has 1 heterocycles. The lowest BCUT2D eigenvalue weighted by atomic mass is 9.85. The first-order valence-electron chi connectivity index (χ1n) is 6.84. The highest BCUT2D eigenvalue weighted by molar-refractivity contribution is 9.10.